The second-order valence-corrected chi connectivity index (χ2v) is 4.39. The highest BCUT2D eigenvalue weighted by atomic mass is 35.5. The van der Waals surface area contributed by atoms with E-state index >= 15 is 0 Å². The molecule has 0 atom stereocenters. The van der Waals surface area contributed by atoms with E-state index in [1.165, 1.54) is 18.2 Å². The molecule has 0 spiro atoms. The number of ether oxygens (including phenoxy) is 1. The average Bonchev–Trinajstić information content (AvgIpc) is 2.25. The molecule has 1 aromatic rings. The van der Waals surface area contributed by atoms with Gasteiger partial charge < -0.3 is 15.2 Å². The zero-order chi connectivity index (χ0) is 13.7. The number of benzene rings is 1. The van der Waals surface area contributed by atoms with Crippen molar-refractivity contribution in [2.45, 2.75) is 19.9 Å². The molecule has 5 nitrogen and oxygen atoms in total. The lowest BCUT2D eigenvalue weighted by Gasteiger charge is -2.11. The highest BCUT2D eigenvalue weighted by molar-refractivity contribution is 6.30. The van der Waals surface area contributed by atoms with Crippen LogP contribution in [0.1, 0.15) is 24.2 Å². The van der Waals surface area contributed by atoms with Gasteiger partial charge in [0.15, 0.2) is 6.61 Å². The predicted octanol–water partition coefficient (Wildman–Crippen LogP) is 1.94. The van der Waals surface area contributed by atoms with Crippen molar-refractivity contribution in [3.8, 4) is 5.75 Å². The number of carbonyl (C=O) groups is 2. The van der Waals surface area contributed by atoms with Gasteiger partial charge in [0, 0.05) is 11.1 Å². The molecule has 0 aliphatic carbocycles. The summed E-state index contributed by atoms with van der Waals surface area (Å²) in [5.74, 6) is -1.37. The standard InChI is InChI=1S/C12H14ClNO4/c1-7(2)14-11(15)6-18-10-5-8(13)3-4-9(10)12(16)17/h3-5,7H,6H2,1-2H3,(H,14,15)(H,16,17). The first-order valence-corrected chi connectivity index (χ1v) is 5.73. The Kier molecular flexibility index (Phi) is 4.97. The van der Waals surface area contributed by atoms with E-state index in [4.69, 9.17) is 21.4 Å². The molecule has 0 radical (unpaired) electrons. The van der Waals surface area contributed by atoms with Crippen LogP contribution in [0.5, 0.6) is 5.75 Å². The Balaban J connectivity index is 2.74. The van der Waals surface area contributed by atoms with Crippen LogP contribution < -0.4 is 10.1 Å². The van der Waals surface area contributed by atoms with E-state index in [-0.39, 0.29) is 29.9 Å². The van der Waals surface area contributed by atoms with Gasteiger partial charge in [-0.25, -0.2) is 4.79 Å². The van der Waals surface area contributed by atoms with Gasteiger partial charge in [-0.15, -0.1) is 0 Å². The molecule has 2 N–H and O–H groups in total. The van der Waals surface area contributed by atoms with E-state index in [1.807, 2.05) is 13.8 Å². The van der Waals surface area contributed by atoms with Crippen LogP contribution in [0.4, 0.5) is 0 Å². The van der Waals surface area contributed by atoms with Gasteiger partial charge in [-0.3, -0.25) is 4.79 Å². The third-order valence-corrected chi connectivity index (χ3v) is 2.22. The van der Waals surface area contributed by atoms with Crippen molar-refractivity contribution in [2.24, 2.45) is 0 Å². The maximum atomic E-state index is 11.4. The van der Waals surface area contributed by atoms with Crippen LogP contribution in [0.25, 0.3) is 0 Å². The molecular formula is C12H14ClNO4. The molecule has 1 amide bonds. The largest absolute Gasteiger partial charge is 0.483 e. The van der Waals surface area contributed by atoms with Crippen molar-refractivity contribution in [3.05, 3.63) is 28.8 Å². The van der Waals surface area contributed by atoms with Gasteiger partial charge in [-0.05, 0) is 32.0 Å². The number of rotatable bonds is 5. The SMILES string of the molecule is CC(C)NC(=O)COc1cc(Cl)ccc1C(=O)O. The van der Waals surface area contributed by atoms with E-state index in [0.717, 1.165) is 0 Å². The quantitative estimate of drug-likeness (QED) is 0.858. The molecule has 6 heteroatoms. The van der Waals surface area contributed by atoms with E-state index in [1.54, 1.807) is 0 Å². The van der Waals surface area contributed by atoms with Crippen molar-refractivity contribution in [1.82, 2.24) is 5.32 Å². The summed E-state index contributed by atoms with van der Waals surface area (Å²) in [6, 6.07) is 4.15. The van der Waals surface area contributed by atoms with Crippen LogP contribution in [-0.2, 0) is 4.79 Å². The molecule has 0 fully saturated rings. The predicted molar refractivity (Wildman–Crippen MR) is 67.2 cm³/mol. The molecule has 0 aliphatic heterocycles. The minimum atomic E-state index is -1.13. The molecule has 0 aromatic heterocycles. The van der Waals surface area contributed by atoms with Crippen molar-refractivity contribution in [1.29, 1.82) is 0 Å². The summed E-state index contributed by atoms with van der Waals surface area (Å²) in [7, 11) is 0. The van der Waals surface area contributed by atoms with Crippen molar-refractivity contribution in [3.63, 3.8) is 0 Å². The maximum absolute atomic E-state index is 11.4. The summed E-state index contributed by atoms with van der Waals surface area (Å²) in [6.07, 6.45) is 0. The summed E-state index contributed by atoms with van der Waals surface area (Å²) in [5.41, 5.74) is -0.0308. The number of halogens is 1. The number of carboxylic acid groups (broad SMARTS) is 1. The van der Waals surface area contributed by atoms with Crippen molar-refractivity contribution >= 4 is 23.5 Å². The minimum Gasteiger partial charge on any atom is -0.483 e. The molecule has 18 heavy (non-hydrogen) atoms. The lowest BCUT2D eigenvalue weighted by atomic mass is 10.2. The fraction of sp³-hybridized carbons (Fsp3) is 0.333. The minimum absolute atomic E-state index is 0.000550. The van der Waals surface area contributed by atoms with Gasteiger partial charge in [0.25, 0.3) is 5.91 Å². The molecule has 0 aliphatic rings. The second kappa shape index (κ2) is 6.26. The van der Waals surface area contributed by atoms with Crippen LogP contribution >= 0.6 is 11.6 Å². The highest BCUT2D eigenvalue weighted by Crippen LogP contribution is 2.23. The van der Waals surface area contributed by atoms with Gasteiger partial charge in [-0.1, -0.05) is 11.6 Å². The molecule has 0 saturated carbocycles. The molecule has 0 heterocycles. The van der Waals surface area contributed by atoms with Crippen molar-refractivity contribution in [2.75, 3.05) is 6.61 Å². The molecule has 1 aromatic carbocycles. The molecule has 1 rings (SSSR count). The van der Waals surface area contributed by atoms with E-state index in [0.29, 0.717) is 5.02 Å². The normalized spacial score (nSPS) is 10.2. The molecule has 0 unspecified atom stereocenters. The fourth-order valence-corrected chi connectivity index (χ4v) is 1.46. The first-order chi connectivity index (χ1) is 8.40. The summed E-state index contributed by atoms with van der Waals surface area (Å²) < 4.78 is 5.16. The Hall–Kier alpha value is -1.75. The first kappa shape index (κ1) is 14.3. The summed E-state index contributed by atoms with van der Waals surface area (Å²) in [4.78, 5) is 22.3. The third kappa shape index (κ3) is 4.25. The number of hydrogen-bond donors (Lipinski definition) is 2. The Morgan fingerprint density at radius 2 is 2.11 bits per heavy atom. The Morgan fingerprint density at radius 1 is 1.44 bits per heavy atom. The van der Waals surface area contributed by atoms with Crippen LogP contribution in [0, 0.1) is 0 Å². The topological polar surface area (TPSA) is 75.6 Å². The van der Waals surface area contributed by atoms with Crippen LogP contribution in [0.2, 0.25) is 5.02 Å². The summed E-state index contributed by atoms with van der Waals surface area (Å²) >= 11 is 5.75. The number of carbonyl (C=O) groups excluding carboxylic acids is 1. The van der Waals surface area contributed by atoms with Gasteiger partial charge in [0.05, 0.1) is 0 Å². The lowest BCUT2D eigenvalue weighted by molar-refractivity contribution is -0.123. The second-order valence-electron chi connectivity index (χ2n) is 3.96. The van der Waals surface area contributed by atoms with Crippen LogP contribution in [0.3, 0.4) is 0 Å². The van der Waals surface area contributed by atoms with Crippen LogP contribution in [0.15, 0.2) is 18.2 Å². The summed E-state index contributed by atoms with van der Waals surface area (Å²) in [5, 5.41) is 11.9. The molecule has 0 saturated heterocycles. The Morgan fingerprint density at radius 3 is 2.67 bits per heavy atom. The van der Waals surface area contributed by atoms with E-state index in [9.17, 15) is 9.59 Å². The zero-order valence-electron chi connectivity index (χ0n) is 10.1. The summed E-state index contributed by atoms with van der Waals surface area (Å²) in [6.45, 7) is 3.39. The fourth-order valence-electron chi connectivity index (χ4n) is 1.30. The zero-order valence-corrected chi connectivity index (χ0v) is 10.8. The number of aromatic carboxylic acids is 1. The van der Waals surface area contributed by atoms with Crippen molar-refractivity contribution < 1.29 is 19.4 Å². The number of amides is 1. The lowest BCUT2D eigenvalue weighted by Crippen LogP contribution is -2.34. The third-order valence-electron chi connectivity index (χ3n) is 1.98. The maximum Gasteiger partial charge on any atom is 0.339 e. The number of carboxylic acids is 1. The molecule has 98 valence electrons. The Bertz CT molecular complexity index is 459. The first-order valence-electron chi connectivity index (χ1n) is 5.35. The van der Waals surface area contributed by atoms with Gasteiger partial charge in [0.1, 0.15) is 11.3 Å². The number of hydrogen-bond acceptors (Lipinski definition) is 3. The highest BCUT2D eigenvalue weighted by Gasteiger charge is 2.13. The van der Waals surface area contributed by atoms with Crippen LogP contribution in [-0.4, -0.2) is 29.6 Å². The molecular weight excluding hydrogens is 258 g/mol. The van der Waals surface area contributed by atoms with E-state index in [2.05, 4.69) is 5.32 Å². The average molecular weight is 272 g/mol. The molecule has 0 bridgehead atoms. The van der Waals surface area contributed by atoms with Gasteiger partial charge in [0.2, 0.25) is 0 Å². The van der Waals surface area contributed by atoms with E-state index < -0.39 is 5.97 Å². The smallest absolute Gasteiger partial charge is 0.339 e. The van der Waals surface area contributed by atoms with Gasteiger partial charge >= 0.3 is 5.97 Å². The monoisotopic (exact) mass is 271 g/mol. The number of nitrogens with one attached hydrogen (secondary N) is 1. The van der Waals surface area contributed by atoms with Gasteiger partial charge in [-0.2, -0.15) is 0 Å². The Labute approximate surface area is 110 Å².